The number of alkyl halides is 1. The fourth-order valence-electron chi connectivity index (χ4n) is 0.303. The van der Waals surface area contributed by atoms with Gasteiger partial charge in [0.05, 0.1) is 11.0 Å². The Morgan fingerprint density at radius 3 is 2.33 bits per heavy atom. The summed E-state index contributed by atoms with van der Waals surface area (Å²) in [5.74, 6) is -0.0926. The van der Waals surface area contributed by atoms with Crippen LogP contribution in [0.2, 0.25) is 0 Å². The Kier molecular flexibility index (Phi) is 3.14. The highest BCUT2D eigenvalue weighted by Crippen LogP contribution is 2.14. The van der Waals surface area contributed by atoms with Crippen LogP contribution in [0.5, 0.6) is 0 Å². The van der Waals surface area contributed by atoms with Crippen molar-refractivity contribution < 1.29 is 4.79 Å². The van der Waals surface area contributed by atoms with Gasteiger partial charge in [-0.1, -0.05) is 15.9 Å². The first-order valence-electron chi connectivity index (χ1n) is 2.65. The number of amides is 1. The topological polar surface area (TPSA) is 55.1 Å². The van der Waals surface area contributed by atoms with Crippen molar-refractivity contribution in [1.29, 1.82) is 0 Å². The summed E-state index contributed by atoms with van der Waals surface area (Å²) in [5.41, 5.74) is 5.07. The Balaban J connectivity index is 3.74. The van der Waals surface area contributed by atoms with Crippen LogP contribution in [0.1, 0.15) is 13.8 Å². The zero-order valence-corrected chi connectivity index (χ0v) is 7.16. The molecule has 9 heavy (non-hydrogen) atoms. The Bertz CT molecular complexity index is 108. The summed E-state index contributed by atoms with van der Waals surface area (Å²) in [6.45, 7) is 3.71. The van der Waals surface area contributed by atoms with E-state index in [1.54, 1.807) is 13.8 Å². The molecule has 0 unspecified atom stereocenters. The van der Waals surface area contributed by atoms with Crippen molar-refractivity contribution in [2.24, 2.45) is 5.73 Å². The molecule has 3 nitrogen and oxygen atoms in total. The summed E-state index contributed by atoms with van der Waals surface area (Å²) in [4.78, 5) is 10.8. The minimum atomic E-state index is -0.508. The first kappa shape index (κ1) is 8.91. The number of carbonyl (C=O) groups is 1. The number of halogens is 1. The zero-order valence-electron chi connectivity index (χ0n) is 5.57. The molecule has 0 aliphatic carbocycles. The van der Waals surface area contributed by atoms with Crippen molar-refractivity contribution in [3.05, 3.63) is 0 Å². The van der Waals surface area contributed by atoms with Gasteiger partial charge in [0.1, 0.15) is 0 Å². The van der Waals surface area contributed by atoms with Gasteiger partial charge in [0, 0.05) is 0 Å². The van der Waals surface area contributed by atoms with Gasteiger partial charge in [0.25, 0.3) is 0 Å². The maximum absolute atomic E-state index is 10.8. The molecule has 0 atom stereocenters. The lowest BCUT2D eigenvalue weighted by Crippen LogP contribution is -2.40. The van der Waals surface area contributed by atoms with Gasteiger partial charge in [-0.2, -0.15) is 0 Å². The number of hydrogen-bond acceptors (Lipinski definition) is 2. The second kappa shape index (κ2) is 3.17. The molecule has 0 aliphatic rings. The van der Waals surface area contributed by atoms with Gasteiger partial charge >= 0.3 is 0 Å². The number of nitrogens with one attached hydrogen (secondary N) is 1. The molecule has 0 aromatic rings. The summed E-state index contributed by atoms with van der Waals surface area (Å²) in [5, 5.41) is 2.48. The molecule has 0 rings (SSSR count). The fourth-order valence-corrected chi connectivity index (χ4v) is 0.443. The zero-order chi connectivity index (χ0) is 7.49. The van der Waals surface area contributed by atoms with E-state index in [9.17, 15) is 4.79 Å². The van der Waals surface area contributed by atoms with Crippen LogP contribution in [-0.4, -0.2) is 16.9 Å². The minimum Gasteiger partial charge on any atom is -0.343 e. The van der Waals surface area contributed by atoms with E-state index in [0.29, 0.717) is 0 Å². The van der Waals surface area contributed by atoms with E-state index in [4.69, 9.17) is 5.73 Å². The van der Waals surface area contributed by atoms with Gasteiger partial charge in [-0.3, -0.25) is 4.79 Å². The van der Waals surface area contributed by atoms with Crippen molar-refractivity contribution in [3.63, 3.8) is 0 Å². The van der Waals surface area contributed by atoms with Crippen LogP contribution in [0.3, 0.4) is 0 Å². The van der Waals surface area contributed by atoms with Gasteiger partial charge in [-0.15, -0.1) is 0 Å². The maximum Gasteiger partial charge on any atom is 0.237 e. The van der Waals surface area contributed by atoms with Gasteiger partial charge in [-0.25, -0.2) is 0 Å². The lowest BCUT2D eigenvalue weighted by molar-refractivity contribution is -0.122. The van der Waals surface area contributed by atoms with E-state index in [0.717, 1.165) is 0 Å². The molecule has 0 bridgehead atoms. The van der Waals surface area contributed by atoms with E-state index in [-0.39, 0.29) is 12.6 Å². The Hall–Kier alpha value is -0.0900. The predicted molar refractivity (Wildman–Crippen MR) is 40.2 cm³/mol. The van der Waals surface area contributed by atoms with Crippen molar-refractivity contribution in [3.8, 4) is 0 Å². The summed E-state index contributed by atoms with van der Waals surface area (Å²) in [7, 11) is 0. The molecule has 0 radical (unpaired) electrons. The van der Waals surface area contributed by atoms with Crippen LogP contribution < -0.4 is 11.1 Å². The van der Waals surface area contributed by atoms with E-state index >= 15 is 0 Å². The molecular weight excluding hydrogens is 184 g/mol. The highest BCUT2D eigenvalue weighted by molar-refractivity contribution is 9.10. The average Bonchev–Trinajstić information content (AvgIpc) is 1.64. The van der Waals surface area contributed by atoms with Crippen molar-refractivity contribution in [1.82, 2.24) is 5.32 Å². The maximum atomic E-state index is 10.8. The molecule has 0 spiro atoms. The highest BCUT2D eigenvalue weighted by Gasteiger charge is 2.22. The van der Waals surface area contributed by atoms with Crippen LogP contribution >= 0.6 is 15.9 Å². The van der Waals surface area contributed by atoms with Crippen LogP contribution in [-0.2, 0) is 4.79 Å². The molecule has 0 saturated heterocycles. The summed E-state index contributed by atoms with van der Waals surface area (Å²) < 4.78 is -0.508. The van der Waals surface area contributed by atoms with E-state index < -0.39 is 4.32 Å². The molecule has 1 amide bonds. The molecule has 0 aliphatic heterocycles. The van der Waals surface area contributed by atoms with E-state index in [1.165, 1.54) is 0 Å². The predicted octanol–water partition coefficient (Wildman–Crippen LogP) is 0.192. The molecule has 0 fully saturated rings. The van der Waals surface area contributed by atoms with Crippen LogP contribution in [0.25, 0.3) is 0 Å². The first-order chi connectivity index (χ1) is 3.98. The molecule has 54 valence electrons. The van der Waals surface area contributed by atoms with Crippen LogP contribution in [0.4, 0.5) is 0 Å². The SMILES string of the molecule is CC(C)(Br)C(=O)NCN. The molecule has 0 heterocycles. The van der Waals surface area contributed by atoms with Crippen LogP contribution in [0, 0.1) is 0 Å². The Labute approximate surface area is 63.1 Å². The minimum absolute atomic E-state index is 0.0926. The summed E-state index contributed by atoms with van der Waals surface area (Å²) in [6, 6.07) is 0. The van der Waals surface area contributed by atoms with E-state index in [2.05, 4.69) is 21.2 Å². The number of carbonyl (C=O) groups excluding carboxylic acids is 1. The molecule has 4 heteroatoms. The van der Waals surface area contributed by atoms with Crippen molar-refractivity contribution in [2.75, 3.05) is 6.67 Å². The summed E-state index contributed by atoms with van der Waals surface area (Å²) in [6.07, 6.45) is 0. The third-order valence-electron chi connectivity index (χ3n) is 0.803. The lowest BCUT2D eigenvalue weighted by Gasteiger charge is -2.13. The number of nitrogens with two attached hydrogens (primary N) is 1. The number of rotatable bonds is 2. The molecule has 0 saturated carbocycles. The average molecular weight is 195 g/mol. The van der Waals surface area contributed by atoms with Crippen molar-refractivity contribution in [2.45, 2.75) is 18.2 Å². The second-order valence-electron chi connectivity index (χ2n) is 2.18. The second-order valence-corrected chi connectivity index (χ2v) is 4.16. The van der Waals surface area contributed by atoms with Gasteiger partial charge in [0.15, 0.2) is 0 Å². The first-order valence-corrected chi connectivity index (χ1v) is 3.45. The highest BCUT2D eigenvalue weighted by atomic mass is 79.9. The normalized spacial score (nSPS) is 11.1. The Morgan fingerprint density at radius 2 is 2.22 bits per heavy atom. The monoisotopic (exact) mass is 194 g/mol. The fraction of sp³-hybridized carbons (Fsp3) is 0.800. The van der Waals surface area contributed by atoms with Gasteiger partial charge < -0.3 is 11.1 Å². The largest absolute Gasteiger partial charge is 0.343 e. The van der Waals surface area contributed by atoms with Crippen LogP contribution in [0.15, 0.2) is 0 Å². The molecule has 3 N–H and O–H groups in total. The Morgan fingerprint density at radius 1 is 1.78 bits per heavy atom. The van der Waals surface area contributed by atoms with Gasteiger partial charge in [0.2, 0.25) is 5.91 Å². The molecule has 0 aromatic carbocycles. The van der Waals surface area contributed by atoms with E-state index in [1.807, 2.05) is 0 Å². The third-order valence-corrected chi connectivity index (χ3v) is 1.16. The third kappa shape index (κ3) is 3.48. The summed E-state index contributed by atoms with van der Waals surface area (Å²) >= 11 is 3.18. The molecular formula is C5H11BrN2O. The quantitative estimate of drug-likeness (QED) is 0.488. The van der Waals surface area contributed by atoms with Gasteiger partial charge in [-0.05, 0) is 13.8 Å². The number of hydrogen-bond donors (Lipinski definition) is 2. The molecule has 0 aromatic heterocycles. The smallest absolute Gasteiger partial charge is 0.237 e. The standard InChI is InChI=1S/C5H11BrN2O/c1-5(2,6)4(9)8-3-7/h3,7H2,1-2H3,(H,8,9). The van der Waals surface area contributed by atoms with Crippen molar-refractivity contribution >= 4 is 21.8 Å². The lowest BCUT2D eigenvalue weighted by atomic mass is 10.2.